The normalized spacial score (nSPS) is 15.5. The van der Waals surface area contributed by atoms with Crippen molar-refractivity contribution < 1.29 is 4.79 Å². The zero-order chi connectivity index (χ0) is 13.0. The molecule has 92 valence electrons. The number of anilines is 1. The molecule has 1 aromatic rings. The van der Waals surface area contributed by atoms with Gasteiger partial charge in [-0.25, -0.2) is 0 Å². The summed E-state index contributed by atoms with van der Waals surface area (Å²) in [6.07, 6.45) is 3.65. The van der Waals surface area contributed by atoms with Crippen LogP contribution in [0.15, 0.2) is 29.8 Å². The van der Waals surface area contributed by atoms with E-state index in [1.54, 1.807) is 35.2 Å². The Balaban J connectivity index is 2.20. The minimum absolute atomic E-state index is 0.174. The summed E-state index contributed by atoms with van der Waals surface area (Å²) in [5, 5.41) is 9.08. The molecule has 1 saturated heterocycles. The summed E-state index contributed by atoms with van der Waals surface area (Å²) in [5.41, 5.74) is 7.25. The van der Waals surface area contributed by atoms with Crippen molar-refractivity contribution in [3.05, 3.63) is 35.4 Å². The van der Waals surface area contributed by atoms with E-state index in [0.29, 0.717) is 5.69 Å². The topological polar surface area (TPSA) is 70.1 Å². The quantitative estimate of drug-likeness (QED) is 0.487. The lowest BCUT2D eigenvalue weighted by Crippen LogP contribution is -2.28. The van der Waals surface area contributed by atoms with Gasteiger partial charge in [-0.05, 0) is 36.6 Å². The van der Waals surface area contributed by atoms with Gasteiger partial charge in [0.1, 0.15) is 11.6 Å². The van der Waals surface area contributed by atoms with Gasteiger partial charge in [-0.3, -0.25) is 4.79 Å². The van der Waals surface area contributed by atoms with E-state index in [9.17, 15) is 4.79 Å². The van der Waals surface area contributed by atoms with Crippen LogP contribution < -0.4 is 5.73 Å². The van der Waals surface area contributed by atoms with Gasteiger partial charge < -0.3 is 10.6 Å². The molecule has 4 nitrogen and oxygen atoms in total. The fourth-order valence-corrected chi connectivity index (χ4v) is 1.99. The summed E-state index contributed by atoms with van der Waals surface area (Å²) < 4.78 is 0. The SMILES string of the molecule is N#C/C(=C\c1ccc(N)cc1)C(=O)N1CCCC1. The molecule has 0 unspecified atom stereocenters. The lowest BCUT2D eigenvalue weighted by atomic mass is 10.1. The number of nitriles is 1. The molecular weight excluding hydrogens is 226 g/mol. The number of nitrogen functional groups attached to an aromatic ring is 1. The Hall–Kier alpha value is -2.28. The number of rotatable bonds is 2. The third-order valence-electron chi connectivity index (χ3n) is 2.99. The highest BCUT2D eigenvalue weighted by atomic mass is 16.2. The Morgan fingerprint density at radius 2 is 1.89 bits per heavy atom. The average molecular weight is 241 g/mol. The monoisotopic (exact) mass is 241 g/mol. The number of hydrogen-bond donors (Lipinski definition) is 1. The van der Waals surface area contributed by atoms with Gasteiger partial charge >= 0.3 is 0 Å². The first-order valence-electron chi connectivity index (χ1n) is 5.97. The molecule has 2 rings (SSSR count). The number of benzene rings is 1. The summed E-state index contributed by atoms with van der Waals surface area (Å²) in [6, 6.07) is 9.07. The highest BCUT2D eigenvalue weighted by Gasteiger charge is 2.21. The van der Waals surface area contributed by atoms with E-state index in [1.165, 1.54) is 0 Å². The Labute approximate surface area is 106 Å². The number of amides is 1. The standard InChI is InChI=1S/C14H15N3O/c15-10-12(14(18)17-7-1-2-8-17)9-11-3-5-13(16)6-4-11/h3-6,9H,1-2,7-8,16H2/b12-9+. The Morgan fingerprint density at radius 1 is 1.28 bits per heavy atom. The second-order valence-electron chi connectivity index (χ2n) is 4.34. The van der Waals surface area contributed by atoms with Gasteiger partial charge in [0.2, 0.25) is 0 Å². The van der Waals surface area contributed by atoms with Crippen molar-refractivity contribution in [1.82, 2.24) is 4.90 Å². The van der Waals surface area contributed by atoms with E-state index in [2.05, 4.69) is 0 Å². The summed E-state index contributed by atoms with van der Waals surface area (Å²) in [7, 11) is 0. The summed E-state index contributed by atoms with van der Waals surface area (Å²) in [6.45, 7) is 1.50. The zero-order valence-corrected chi connectivity index (χ0v) is 10.1. The average Bonchev–Trinajstić information content (AvgIpc) is 2.91. The minimum Gasteiger partial charge on any atom is -0.399 e. The van der Waals surface area contributed by atoms with Crippen LogP contribution in [0.1, 0.15) is 18.4 Å². The number of nitrogens with two attached hydrogens (primary N) is 1. The molecule has 0 spiro atoms. The molecule has 18 heavy (non-hydrogen) atoms. The molecule has 0 atom stereocenters. The van der Waals surface area contributed by atoms with E-state index in [-0.39, 0.29) is 11.5 Å². The first-order chi connectivity index (χ1) is 8.70. The third kappa shape index (κ3) is 2.69. The molecule has 1 aromatic carbocycles. The van der Waals surface area contributed by atoms with Crippen molar-refractivity contribution in [2.45, 2.75) is 12.8 Å². The van der Waals surface area contributed by atoms with Crippen molar-refractivity contribution in [1.29, 1.82) is 5.26 Å². The van der Waals surface area contributed by atoms with Gasteiger partial charge in [0.25, 0.3) is 5.91 Å². The molecule has 4 heteroatoms. The van der Waals surface area contributed by atoms with Crippen molar-refractivity contribution >= 4 is 17.7 Å². The second-order valence-corrected chi connectivity index (χ2v) is 4.34. The fraction of sp³-hybridized carbons (Fsp3) is 0.286. The Bertz CT molecular complexity index is 505. The van der Waals surface area contributed by atoms with Crippen molar-refractivity contribution in [2.24, 2.45) is 0 Å². The van der Waals surface area contributed by atoms with Crippen molar-refractivity contribution in [2.75, 3.05) is 18.8 Å². The van der Waals surface area contributed by atoms with Crippen LogP contribution >= 0.6 is 0 Å². The molecule has 0 saturated carbocycles. The molecule has 1 amide bonds. The Morgan fingerprint density at radius 3 is 2.44 bits per heavy atom. The van der Waals surface area contributed by atoms with Crippen LogP contribution in [0, 0.1) is 11.3 Å². The number of nitrogens with zero attached hydrogens (tertiary/aromatic N) is 2. The summed E-state index contributed by atoms with van der Waals surface area (Å²) in [5.74, 6) is -0.174. The van der Waals surface area contributed by atoms with Crippen LogP contribution in [-0.4, -0.2) is 23.9 Å². The van der Waals surface area contributed by atoms with Gasteiger partial charge in [0.05, 0.1) is 0 Å². The molecule has 0 bridgehead atoms. The van der Waals surface area contributed by atoms with E-state index < -0.39 is 0 Å². The van der Waals surface area contributed by atoms with Gasteiger partial charge in [-0.2, -0.15) is 5.26 Å². The van der Waals surface area contributed by atoms with E-state index in [1.807, 2.05) is 6.07 Å². The first-order valence-corrected chi connectivity index (χ1v) is 5.97. The fourth-order valence-electron chi connectivity index (χ4n) is 1.99. The molecule has 1 heterocycles. The maximum Gasteiger partial charge on any atom is 0.264 e. The molecule has 1 fully saturated rings. The first kappa shape index (κ1) is 12.2. The summed E-state index contributed by atoms with van der Waals surface area (Å²) >= 11 is 0. The number of carbonyl (C=O) groups is 1. The highest BCUT2D eigenvalue weighted by molar-refractivity contribution is 6.01. The van der Waals surface area contributed by atoms with Gasteiger partial charge in [0.15, 0.2) is 0 Å². The van der Waals surface area contributed by atoms with Crippen LogP contribution in [0.25, 0.3) is 6.08 Å². The van der Waals surface area contributed by atoms with E-state index >= 15 is 0 Å². The number of likely N-dealkylation sites (tertiary alicyclic amines) is 1. The molecule has 0 aliphatic carbocycles. The molecule has 1 aliphatic rings. The predicted octanol–water partition coefficient (Wildman–Crippen LogP) is 1.80. The molecule has 0 radical (unpaired) electrons. The molecular formula is C14H15N3O. The Kier molecular flexibility index (Phi) is 3.63. The van der Waals surface area contributed by atoms with Crippen LogP contribution in [0.5, 0.6) is 0 Å². The third-order valence-corrected chi connectivity index (χ3v) is 2.99. The minimum atomic E-state index is -0.174. The smallest absolute Gasteiger partial charge is 0.264 e. The van der Waals surface area contributed by atoms with Crippen LogP contribution in [0.2, 0.25) is 0 Å². The van der Waals surface area contributed by atoms with Crippen LogP contribution in [0.3, 0.4) is 0 Å². The van der Waals surface area contributed by atoms with Crippen molar-refractivity contribution in [3.8, 4) is 6.07 Å². The zero-order valence-electron chi connectivity index (χ0n) is 10.1. The van der Waals surface area contributed by atoms with E-state index in [0.717, 1.165) is 31.5 Å². The molecule has 0 aromatic heterocycles. The molecule has 1 aliphatic heterocycles. The largest absolute Gasteiger partial charge is 0.399 e. The van der Waals surface area contributed by atoms with Crippen molar-refractivity contribution in [3.63, 3.8) is 0 Å². The van der Waals surface area contributed by atoms with Crippen LogP contribution in [0.4, 0.5) is 5.69 Å². The van der Waals surface area contributed by atoms with Crippen LogP contribution in [-0.2, 0) is 4.79 Å². The summed E-state index contributed by atoms with van der Waals surface area (Å²) in [4.78, 5) is 13.8. The van der Waals surface area contributed by atoms with Gasteiger partial charge in [-0.1, -0.05) is 12.1 Å². The highest BCUT2D eigenvalue weighted by Crippen LogP contribution is 2.15. The lowest BCUT2D eigenvalue weighted by Gasteiger charge is -2.14. The predicted molar refractivity (Wildman–Crippen MR) is 70.3 cm³/mol. The maximum atomic E-state index is 12.1. The van der Waals surface area contributed by atoms with E-state index in [4.69, 9.17) is 11.0 Å². The second kappa shape index (κ2) is 5.37. The number of hydrogen-bond acceptors (Lipinski definition) is 3. The lowest BCUT2D eigenvalue weighted by molar-refractivity contribution is -0.125. The van der Waals surface area contributed by atoms with Gasteiger partial charge in [-0.15, -0.1) is 0 Å². The van der Waals surface area contributed by atoms with Gasteiger partial charge in [0, 0.05) is 18.8 Å². The molecule has 2 N–H and O–H groups in total. The maximum absolute atomic E-state index is 12.1. The number of carbonyl (C=O) groups excluding carboxylic acids is 1.